The van der Waals surface area contributed by atoms with Crippen molar-refractivity contribution in [1.29, 1.82) is 0 Å². The van der Waals surface area contributed by atoms with Crippen molar-refractivity contribution in [1.82, 2.24) is 4.98 Å². The Kier molecular flexibility index (Phi) is 4.45. The minimum Gasteiger partial charge on any atom is -0.490 e. The van der Waals surface area contributed by atoms with E-state index >= 15 is 0 Å². The highest BCUT2D eigenvalue weighted by Gasteiger charge is 2.33. The Morgan fingerprint density at radius 3 is 2.39 bits per heavy atom. The van der Waals surface area contributed by atoms with Crippen LogP contribution in [0.1, 0.15) is 19.5 Å². The van der Waals surface area contributed by atoms with Gasteiger partial charge in [-0.25, -0.2) is 4.98 Å². The molecule has 0 unspecified atom stereocenters. The maximum atomic E-state index is 12.3. The van der Waals surface area contributed by atoms with Crippen LogP contribution in [0.3, 0.4) is 0 Å². The second-order valence-corrected chi connectivity index (χ2v) is 4.95. The van der Waals surface area contributed by atoms with E-state index in [0.717, 1.165) is 12.1 Å². The summed E-state index contributed by atoms with van der Waals surface area (Å²) in [5, 5.41) is 8.67. The summed E-state index contributed by atoms with van der Waals surface area (Å²) in [5.74, 6) is 0.0613. The number of nitrogens with zero attached hydrogens (tertiary/aromatic N) is 1. The Morgan fingerprint density at radius 2 is 1.94 bits per heavy atom. The fourth-order valence-corrected chi connectivity index (χ4v) is 1.21. The molecule has 0 saturated carbocycles. The molecule has 1 aromatic heterocycles. The van der Waals surface area contributed by atoms with E-state index in [-0.39, 0.29) is 24.1 Å². The van der Waals surface area contributed by atoms with Crippen molar-refractivity contribution >= 4 is 11.6 Å². The van der Waals surface area contributed by atoms with Gasteiger partial charge in [0, 0.05) is 5.41 Å². The highest BCUT2D eigenvalue weighted by atomic mass is 35.5. The Bertz CT molecular complexity index is 421. The van der Waals surface area contributed by atoms with Crippen LogP contribution in [0.4, 0.5) is 13.2 Å². The van der Waals surface area contributed by atoms with E-state index < -0.39 is 17.3 Å². The van der Waals surface area contributed by atoms with E-state index in [9.17, 15) is 13.2 Å². The van der Waals surface area contributed by atoms with Gasteiger partial charge in [-0.15, -0.1) is 0 Å². The van der Waals surface area contributed by atoms with Gasteiger partial charge in [-0.05, 0) is 12.1 Å². The van der Waals surface area contributed by atoms with Crippen LogP contribution in [0.5, 0.6) is 5.75 Å². The largest absolute Gasteiger partial charge is 0.490 e. The zero-order valence-electron chi connectivity index (χ0n) is 9.88. The lowest BCUT2D eigenvalue weighted by molar-refractivity contribution is -0.141. The van der Waals surface area contributed by atoms with Crippen molar-refractivity contribution in [2.45, 2.75) is 20.0 Å². The Hall–Kier alpha value is -1.01. The number of aromatic nitrogens is 1. The zero-order valence-corrected chi connectivity index (χ0v) is 10.6. The van der Waals surface area contributed by atoms with Gasteiger partial charge in [0.1, 0.15) is 5.69 Å². The van der Waals surface area contributed by atoms with Crippen LogP contribution < -0.4 is 4.74 Å². The fraction of sp³-hybridized carbons (Fsp3) is 0.545. The van der Waals surface area contributed by atoms with Crippen LogP contribution in [0.2, 0.25) is 5.15 Å². The molecule has 0 aliphatic carbocycles. The first-order chi connectivity index (χ1) is 8.15. The van der Waals surface area contributed by atoms with Gasteiger partial charge in [0.2, 0.25) is 0 Å². The average molecular weight is 284 g/mol. The number of rotatable bonds is 4. The molecule has 0 spiro atoms. The smallest absolute Gasteiger partial charge is 0.433 e. The predicted molar refractivity (Wildman–Crippen MR) is 60.6 cm³/mol. The third kappa shape index (κ3) is 4.03. The SMILES string of the molecule is CC(C)(CO)COc1ccc(C(F)(F)F)nc1Cl. The normalized spacial score (nSPS) is 12.6. The molecule has 1 N–H and O–H groups in total. The van der Waals surface area contributed by atoms with Crippen molar-refractivity contribution in [3.8, 4) is 5.75 Å². The van der Waals surface area contributed by atoms with E-state index in [1.807, 2.05) is 0 Å². The van der Waals surface area contributed by atoms with Crippen molar-refractivity contribution in [2.24, 2.45) is 5.41 Å². The quantitative estimate of drug-likeness (QED) is 0.863. The van der Waals surface area contributed by atoms with Crippen molar-refractivity contribution in [2.75, 3.05) is 13.2 Å². The van der Waals surface area contributed by atoms with Crippen LogP contribution in [0, 0.1) is 5.41 Å². The van der Waals surface area contributed by atoms with E-state index in [0.29, 0.717) is 0 Å². The molecule has 0 radical (unpaired) electrons. The molecule has 18 heavy (non-hydrogen) atoms. The molecule has 0 atom stereocenters. The summed E-state index contributed by atoms with van der Waals surface area (Å²) in [7, 11) is 0. The number of hydrogen-bond donors (Lipinski definition) is 1. The van der Waals surface area contributed by atoms with Crippen LogP contribution in [-0.2, 0) is 6.18 Å². The second-order valence-electron chi connectivity index (χ2n) is 4.59. The van der Waals surface area contributed by atoms with E-state index in [1.165, 1.54) is 0 Å². The van der Waals surface area contributed by atoms with Gasteiger partial charge in [-0.3, -0.25) is 0 Å². The number of pyridine rings is 1. The molecule has 0 aliphatic heterocycles. The minimum absolute atomic E-state index is 0.0613. The molecule has 3 nitrogen and oxygen atoms in total. The number of aliphatic hydroxyl groups excluding tert-OH is 1. The summed E-state index contributed by atoms with van der Waals surface area (Å²) >= 11 is 5.61. The van der Waals surface area contributed by atoms with Crippen LogP contribution in [0.15, 0.2) is 12.1 Å². The average Bonchev–Trinajstić information content (AvgIpc) is 2.26. The zero-order chi connectivity index (χ0) is 14.0. The van der Waals surface area contributed by atoms with Gasteiger partial charge in [0.05, 0.1) is 13.2 Å². The summed E-state index contributed by atoms with van der Waals surface area (Å²) in [4.78, 5) is 3.22. The minimum atomic E-state index is -4.54. The molecule has 0 amide bonds. The summed E-state index contributed by atoms with van der Waals surface area (Å²) in [6.07, 6.45) is -4.54. The first kappa shape index (κ1) is 15.0. The third-order valence-corrected chi connectivity index (χ3v) is 2.42. The van der Waals surface area contributed by atoms with Crippen molar-refractivity contribution in [3.63, 3.8) is 0 Å². The molecular formula is C11H13ClF3NO2. The lowest BCUT2D eigenvalue weighted by Gasteiger charge is -2.22. The standard InChI is InChI=1S/C11H13ClF3NO2/c1-10(2,5-17)6-18-7-3-4-8(11(13,14)15)16-9(7)12/h3-4,17H,5-6H2,1-2H3. The Labute approximate surface area is 108 Å². The van der Waals surface area contributed by atoms with Crippen LogP contribution >= 0.6 is 11.6 Å². The Balaban J connectivity index is 2.81. The first-order valence-electron chi connectivity index (χ1n) is 5.13. The van der Waals surface area contributed by atoms with Gasteiger partial charge in [-0.1, -0.05) is 25.4 Å². The lowest BCUT2D eigenvalue weighted by Crippen LogP contribution is -2.25. The number of aliphatic hydroxyl groups is 1. The van der Waals surface area contributed by atoms with Crippen LogP contribution in [0.25, 0.3) is 0 Å². The molecular weight excluding hydrogens is 271 g/mol. The maximum absolute atomic E-state index is 12.3. The van der Waals surface area contributed by atoms with E-state index in [2.05, 4.69) is 4.98 Å². The van der Waals surface area contributed by atoms with Gasteiger partial charge < -0.3 is 9.84 Å². The lowest BCUT2D eigenvalue weighted by atomic mass is 9.97. The third-order valence-electron chi connectivity index (χ3n) is 2.15. The van der Waals surface area contributed by atoms with Crippen LogP contribution in [-0.4, -0.2) is 23.3 Å². The maximum Gasteiger partial charge on any atom is 0.433 e. The van der Waals surface area contributed by atoms with E-state index in [4.69, 9.17) is 21.4 Å². The number of alkyl halides is 3. The Morgan fingerprint density at radius 1 is 1.33 bits per heavy atom. The summed E-state index contributed by atoms with van der Waals surface area (Å²) in [5.41, 5.74) is -1.58. The molecule has 7 heteroatoms. The second kappa shape index (κ2) is 5.32. The number of ether oxygens (including phenoxy) is 1. The summed E-state index contributed by atoms with van der Waals surface area (Å²) in [6.45, 7) is 3.51. The topological polar surface area (TPSA) is 42.4 Å². The van der Waals surface area contributed by atoms with Crippen molar-refractivity contribution < 1.29 is 23.0 Å². The first-order valence-corrected chi connectivity index (χ1v) is 5.51. The highest BCUT2D eigenvalue weighted by Crippen LogP contribution is 2.32. The van der Waals surface area contributed by atoms with Gasteiger partial charge in [0.25, 0.3) is 0 Å². The van der Waals surface area contributed by atoms with E-state index in [1.54, 1.807) is 13.8 Å². The number of halogens is 4. The summed E-state index contributed by atoms with van der Waals surface area (Å²) < 4.78 is 42.2. The summed E-state index contributed by atoms with van der Waals surface area (Å²) in [6, 6.07) is 1.92. The molecule has 0 fully saturated rings. The molecule has 1 heterocycles. The molecule has 0 aliphatic rings. The van der Waals surface area contributed by atoms with Crippen molar-refractivity contribution in [3.05, 3.63) is 23.0 Å². The van der Waals surface area contributed by atoms with Gasteiger partial charge in [0.15, 0.2) is 10.9 Å². The molecule has 1 aromatic rings. The van der Waals surface area contributed by atoms with Gasteiger partial charge >= 0.3 is 6.18 Å². The molecule has 0 aromatic carbocycles. The predicted octanol–water partition coefficient (Wildman–Crippen LogP) is 3.15. The fourth-order valence-electron chi connectivity index (χ4n) is 1.01. The van der Waals surface area contributed by atoms with Gasteiger partial charge in [-0.2, -0.15) is 13.2 Å². The molecule has 1 rings (SSSR count). The highest BCUT2D eigenvalue weighted by molar-refractivity contribution is 6.30. The number of hydrogen-bond acceptors (Lipinski definition) is 3. The molecule has 102 valence electrons. The molecule has 0 saturated heterocycles. The monoisotopic (exact) mass is 283 g/mol. The molecule has 0 bridgehead atoms.